The lowest BCUT2D eigenvalue weighted by atomic mass is 9.98. The topological polar surface area (TPSA) is 91.2 Å². The molecular weight excluding hydrogens is 289 g/mol. The molecule has 0 saturated heterocycles. The number of anilines is 1. The fourth-order valence-corrected chi connectivity index (χ4v) is 2.42. The molecule has 1 aliphatic rings. The van der Waals surface area contributed by atoms with Gasteiger partial charge < -0.3 is 10.5 Å². The zero-order valence-corrected chi connectivity index (χ0v) is 11.4. The molecule has 1 heterocycles. The zero-order chi connectivity index (χ0) is 15.7. The van der Waals surface area contributed by atoms with Crippen molar-refractivity contribution in [1.29, 1.82) is 0 Å². The minimum absolute atomic E-state index is 0.0478. The third-order valence-electron chi connectivity index (χ3n) is 3.54. The van der Waals surface area contributed by atoms with Crippen molar-refractivity contribution in [2.24, 2.45) is 5.10 Å². The van der Waals surface area contributed by atoms with E-state index in [2.05, 4.69) is 10.5 Å². The van der Waals surface area contributed by atoms with Crippen LogP contribution in [-0.2, 0) is 0 Å². The lowest BCUT2D eigenvalue weighted by molar-refractivity contribution is -0.268. The first kappa shape index (κ1) is 14.3. The summed E-state index contributed by atoms with van der Waals surface area (Å²) in [6.45, 7) is 0. The number of nitrogens with zero attached hydrogens (tertiary/aromatic N) is 2. The Balaban J connectivity index is 1.87. The second-order valence-electron chi connectivity index (χ2n) is 4.94. The van der Waals surface area contributed by atoms with Gasteiger partial charge in [-0.05, 0) is 23.8 Å². The Morgan fingerprint density at radius 1 is 1.23 bits per heavy atom. The number of hydrogen-bond donors (Lipinski definition) is 3. The highest BCUT2D eigenvalue weighted by molar-refractivity contribution is 6.04. The lowest BCUT2D eigenvalue weighted by Crippen LogP contribution is -2.13. The quantitative estimate of drug-likeness (QED) is 0.754. The minimum Gasteiger partial charge on any atom is -0.872 e. The Bertz CT molecular complexity index is 734. The number of benzene rings is 2. The van der Waals surface area contributed by atoms with Crippen LogP contribution in [0.25, 0.3) is 0 Å². The van der Waals surface area contributed by atoms with Gasteiger partial charge in [0.2, 0.25) is 0 Å². The van der Waals surface area contributed by atoms with Crippen LogP contribution in [0.1, 0.15) is 23.6 Å². The molecule has 2 aromatic carbocycles. The zero-order valence-electron chi connectivity index (χ0n) is 11.4. The van der Waals surface area contributed by atoms with Gasteiger partial charge in [-0.25, -0.2) is 4.39 Å². The summed E-state index contributed by atoms with van der Waals surface area (Å²) in [6, 6.07) is 9.82. The van der Waals surface area contributed by atoms with Crippen molar-refractivity contribution in [2.45, 2.75) is 12.5 Å². The van der Waals surface area contributed by atoms with Gasteiger partial charge in [0, 0.05) is 12.0 Å². The Morgan fingerprint density at radius 2 is 2.00 bits per heavy atom. The molecule has 0 aliphatic carbocycles. The Morgan fingerprint density at radius 3 is 2.73 bits per heavy atom. The second-order valence-corrected chi connectivity index (χ2v) is 4.94. The van der Waals surface area contributed by atoms with Crippen LogP contribution >= 0.6 is 0 Å². The number of hydrogen-bond acceptors (Lipinski definition) is 6. The summed E-state index contributed by atoms with van der Waals surface area (Å²) in [5.41, 5.74) is 4.02. The van der Waals surface area contributed by atoms with E-state index in [1.54, 1.807) is 18.2 Å². The predicted octanol–water partition coefficient (Wildman–Crippen LogP) is 1.92. The van der Waals surface area contributed by atoms with Crippen LogP contribution in [0.15, 0.2) is 47.6 Å². The van der Waals surface area contributed by atoms with E-state index in [1.807, 2.05) is 0 Å². The van der Waals surface area contributed by atoms with Crippen molar-refractivity contribution >= 4 is 11.4 Å². The predicted molar refractivity (Wildman–Crippen MR) is 75.4 cm³/mol. The fourth-order valence-electron chi connectivity index (χ4n) is 2.42. The maximum atomic E-state index is 13.8. The molecule has 0 saturated carbocycles. The number of hydrazone groups is 1. The Hall–Kier alpha value is -2.64. The Labute approximate surface area is 125 Å². The van der Waals surface area contributed by atoms with Crippen molar-refractivity contribution in [2.75, 3.05) is 5.23 Å². The molecule has 0 unspecified atom stereocenters. The van der Waals surface area contributed by atoms with E-state index in [-0.39, 0.29) is 34.1 Å². The molecule has 3 rings (SSSR count). The molecule has 22 heavy (non-hydrogen) atoms. The van der Waals surface area contributed by atoms with Crippen LogP contribution in [0.4, 0.5) is 10.1 Å². The SMILES string of the molecule is [O-]c1ccc(N(O)O)cc1C1=NN[C@H](c2ccccc2F)C1. The molecule has 2 aromatic rings. The van der Waals surface area contributed by atoms with Gasteiger partial charge in [-0.15, -0.1) is 5.23 Å². The standard InChI is InChI=1S/C15H14FN3O3/c16-12-4-2-1-3-10(12)13-8-14(18-17-13)11-7-9(19(21)22)5-6-15(11)20/h1-7,13,17,20-22H,8H2/p-1/t13-/m0/s1. The summed E-state index contributed by atoms with van der Waals surface area (Å²) in [5, 5.41) is 34.0. The van der Waals surface area contributed by atoms with Gasteiger partial charge in [0.05, 0.1) is 17.4 Å². The first-order valence-corrected chi connectivity index (χ1v) is 6.62. The molecule has 0 amide bonds. The maximum Gasteiger partial charge on any atom is 0.128 e. The molecular formula is C15H13FN3O3-. The van der Waals surface area contributed by atoms with E-state index in [0.717, 1.165) is 0 Å². The summed E-state index contributed by atoms with van der Waals surface area (Å²) < 4.78 is 13.8. The molecule has 0 aromatic heterocycles. The highest BCUT2D eigenvalue weighted by atomic mass is 19.1. The van der Waals surface area contributed by atoms with Crippen LogP contribution in [0.3, 0.4) is 0 Å². The van der Waals surface area contributed by atoms with Gasteiger partial charge in [0.1, 0.15) is 5.82 Å². The van der Waals surface area contributed by atoms with Crippen molar-refractivity contribution in [3.8, 4) is 5.75 Å². The maximum absolute atomic E-state index is 13.8. The molecule has 0 fully saturated rings. The van der Waals surface area contributed by atoms with Gasteiger partial charge in [0.25, 0.3) is 0 Å². The first-order chi connectivity index (χ1) is 10.6. The van der Waals surface area contributed by atoms with E-state index < -0.39 is 0 Å². The number of rotatable bonds is 3. The second kappa shape index (κ2) is 5.63. The average molecular weight is 302 g/mol. The largest absolute Gasteiger partial charge is 0.872 e. The minimum atomic E-state index is -0.362. The summed E-state index contributed by atoms with van der Waals surface area (Å²) in [6.07, 6.45) is 0.330. The van der Waals surface area contributed by atoms with Crippen LogP contribution in [-0.4, -0.2) is 16.1 Å². The molecule has 114 valence electrons. The molecule has 0 bridgehead atoms. The van der Waals surface area contributed by atoms with E-state index in [1.165, 1.54) is 24.3 Å². The summed E-state index contributed by atoms with van der Waals surface area (Å²) in [5.74, 6) is -0.634. The average Bonchev–Trinajstić information content (AvgIpc) is 2.97. The van der Waals surface area contributed by atoms with E-state index >= 15 is 0 Å². The molecule has 0 spiro atoms. The van der Waals surface area contributed by atoms with Crippen molar-refractivity contribution in [3.63, 3.8) is 0 Å². The summed E-state index contributed by atoms with van der Waals surface area (Å²) in [7, 11) is 0. The normalized spacial score (nSPS) is 17.0. The van der Waals surface area contributed by atoms with Gasteiger partial charge >= 0.3 is 0 Å². The van der Waals surface area contributed by atoms with Gasteiger partial charge in [0.15, 0.2) is 0 Å². The smallest absolute Gasteiger partial charge is 0.128 e. The Kier molecular flexibility index (Phi) is 3.66. The number of nitrogens with one attached hydrogen (secondary N) is 1. The van der Waals surface area contributed by atoms with Gasteiger partial charge in [-0.2, -0.15) is 5.10 Å². The molecule has 3 N–H and O–H groups in total. The van der Waals surface area contributed by atoms with Crippen LogP contribution in [0.5, 0.6) is 5.75 Å². The molecule has 1 aliphatic heterocycles. The van der Waals surface area contributed by atoms with Crippen LogP contribution in [0.2, 0.25) is 0 Å². The highest BCUT2D eigenvalue weighted by Gasteiger charge is 2.24. The monoisotopic (exact) mass is 302 g/mol. The van der Waals surface area contributed by atoms with E-state index in [9.17, 15) is 9.50 Å². The van der Waals surface area contributed by atoms with Gasteiger partial charge in [-0.3, -0.25) is 10.4 Å². The molecule has 1 atom stereocenters. The van der Waals surface area contributed by atoms with Crippen molar-refractivity contribution in [1.82, 2.24) is 5.43 Å². The van der Waals surface area contributed by atoms with Gasteiger partial charge in [-0.1, -0.05) is 30.0 Å². The fraction of sp³-hybridized carbons (Fsp3) is 0.133. The van der Waals surface area contributed by atoms with E-state index in [0.29, 0.717) is 17.7 Å². The third-order valence-corrected chi connectivity index (χ3v) is 3.54. The summed E-state index contributed by atoms with van der Waals surface area (Å²) in [4.78, 5) is 0. The molecule has 7 heteroatoms. The third kappa shape index (κ3) is 2.59. The highest BCUT2D eigenvalue weighted by Crippen LogP contribution is 2.30. The van der Waals surface area contributed by atoms with Crippen LogP contribution in [0, 0.1) is 5.82 Å². The lowest BCUT2D eigenvalue weighted by Gasteiger charge is -2.17. The van der Waals surface area contributed by atoms with Crippen molar-refractivity contribution < 1.29 is 19.9 Å². The summed E-state index contributed by atoms with van der Waals surface area (Å²) >= 11 is 0. The van der Waals surface area contributed by atoms with Crippen molar-refractivity contribution in [3.05, 3.63) is 59.4 Å². The van der Waals surface area contributed by atoms with E-state index in [4.69, 9.17) is 10.4 Å². The number of halogens is 1. The molecule has 0 radical (unpaired) electrons. The first-order valence-electron chi connectivity index (χ1n) is 6.62. The molecule has 6 nitrogen and oxygen atoms in total. The van der Waals surface area contributed by atoms with Crippen LogP contribution < -0.4 is 15.8 Å².